The number of para-hydroxylation sites is 1. The van der Waals surface area contributed by atoms with Crippen molar-refractivity contribution in [2.24, 2.45) is 0 Å². The summed E-state index contributed by atoms with van der Waals surface area (Å²) in [5, 5.41) is 20.1. The van der Waals surface area contributed by atoms with E-state index < -0.39 is 17.4 Å². The number of nitrogens with zero attached hydrogens (tertiary/aromatic N) is 2. The summed E-state index contributed by atoms with van der Waals surface area (Å²) in [6.45, 7) is 2.37. The number of β-amino-alcohol motifs (C(OH)–C–C–N with tert-alkyl or cyclic N) is 1. The molecule has 0 amide bonds. The molecule has 1 unspecified atom stereocenters. The molecule has 22 heavy (non-hydrogen) atoms. The molecule has 1 aliphatic heterocycles. The van der Waals surface area contributed by atoms with Crippen molar-refractivity contribution in [2.45, 2.75) is 25.4 Å². The van der Waals surface area contributed by atoms with E-state index in [1.807, 2.05) is 0 Å². The van der Waals surface area contributed by atoms with Gasteiger partial charge >= 0.3 is 5.97 Å². The van der Waals surface area contributed by atoms with Crippen LogP contribution in [-0.2, 0) is 4.79 Å². The maximum absolute atomic E-state index is 14.0. The first-order valence-electron chi connectivity index (χ1n) is 7.17. The summed E-state index contributed by atoms with van der Waals surface area (Å²) in [7, 11) is 0. The van der Waals surface area contributed by atoms with Crippen molar-refractivity contribution in [2.75, 3.05) is 18.0 Å². The van der Waals surface area contributed by atoms with Crippen LogP contribution in [0.1, 0.15) is 18.5 Å². The van der Waals surface area contributed by atoms with Crippen LogP contribution in [-0.4, -0.2) is 39.9 Å². The predicted octanol–water partition coefficient (Wildman–Crippen LogP) is 2.10. The van der Waals surface area contributed by atoms with Crippen LogP contribution in [0.25, 0.3) is 10.9 Å². The van der Waals surface area contributed by atoms with Gasteiger partial charge in [-0.2, -0.15) is 0 Å². The highest BCUT2D eigenvalue weighted by atomic mass is 19.1. The first kappa shape index (κ1) is 14.7. The van der Waals surface area contributed by atoms with E-state index in [1.54, 1.807) is 30.0 Å². The molecular formula is C16H17FN2O3. The monoisotopic (exact) mass is 304 g/mol. The lowest BCUT2D eigenvalue weighted by Crippen LogP contribution is -2.53. The van der Waals surface area contributed by atoms with E-state index in [0.717, 1.165) is 0 Å². The number of hydrogen-bond donors (Lipinski definition) is 2. The Morgan fingerprint density at radius 1 is 1.45 bits per heavy atom. The van der Waals surface area contributed by atoms with Crippen molar-refractivity contribution in [3.63, 3.8) is 0 Å². The largest absolute Gasteiger partial charge is 0.479 e. The topological polar surface area (TPSA) is 73.7 Å². The van der Waals surface area contributed by atoms with Crippen molar-refractivity contribution in [1.29, 1.82) is 0 Å². The van der Waals surface area contributed by atoms with Crippen LogP contribution >= 0.6 is 0 Å². The van der Waals surface area contributed by atoms with E-state index in [0.29, 0.717) is 29.7 Å². The van der Waals surface area contributed by atoms with E-state index >= 15 is 0 Å². The van der Waals surface area contributed by atoms with Crippen LogP contribution in [0.3, 0.4) is 0 Å². The third-order valence-electron chi connectivity index (χ3n) is 4.11. The van der Waals surface area contributed by atoms with E-state index in [4.69, 9.17) is 0 Å². The van der Waals surface area contributed by atoms with Crippen LogP contribution in [0.2, 0.25) is 0 Å². The smallest absolute Gasteiger partial charge is 0.337 e. The molecule has 116 valence electrons. The van der Waals surface area contributed by atoms with Gasteiger partial charge in [-0.25, -0.2) is 14.2 Å². The molecule has 2 aromatic rings. The van der Waals surface area contributed by atoms with Gasteiger partial charge in [-0.05, 0) is 31.9 Å². The number of carboxylic acid groups (broad SMARTS) is 1. The van der Waals surface area contributed by atoms with E-state index in [2.05, 4.69) is 4.98 Å². The lowest BCUT2D eigenvalue weighted by Gasteiger charge is -2.38. The van der Waals surface area contributed by atoms with Gasteiger partial charge in [-0.15, -0.1) is 0 Å². The van der Waals surface area contributed by atoms with E-state index in [9.17, 15) is 19.4 Å². The Bertz CT molecular complexity index is 749. The highest BCUT2D eigenvalue weighted by Crippen LogP contribution is 2.32. The molecule has 5 nitrogen and oxygen atoms in total. The van der Waals surface area contributed by atoms with Gasteiger partial charge in [0, 0.05) is 23.3 Å². The lowest BCUT2D eigenvalue weighted by molar-refractivity contribution is -0.159. The molecule has 0 spiro atoms. The Morgan fingerprint density at radius 3 is 2.95 bits per heavy atom. The van der Waals surface area contributed by atoms with Crippen LogP contribution in [0.5, 0.6) is 0 Å². The number of halogens is 1. The molecular weight excluding hydrogens is 287 g/mol. The number of aryl methyl sites for hydroxylation is 1. The normalized spacial score (nSPS) is 22.0. The molecule has 1 saturated heterocycles. The maximum atomic E-state index is 14.0. The summed E-state index contributed by atoms with van der Waals surface area (Å²) >= 11 is 0. The van der Waals surface area contributed by atoms with Gasteiger partial charge in [0.2, 0.25) is 0 Å². The van der Waals surface area contributed by atoms with Crippen LogP contribution in [0, 0.1) is 12.7 Å². The molecule has 1 aromatic carbocycles. The number of rotatable bonds is 2. The van der Waals surface area contributed by atoms with Gasteiger partial charge in [0.25, 0.3) is 0 Å². The minimum atomic E-state index is -1.77. The van der Waals surface area contributed by atoms with Crippen LogP contribution in [0.4, 0.5) is 10.1 Å². The number of pyridine rings is 1. The zero-order valence-corrected chi connectivity index (χ0v) is 12.2. The lowest BCUT2D eigenvalue weighted by atomic mass is 9.92. The molecule has 0 bridgehead atoms. The quantitative estimate of drug-likeness (QED) is 0.889. The number of fused-ring (bicyclic) bond motifs is 1. The Morgan fingerprint density at radius 2 is 2.23 bits per heavy atom. The number of aliphatic hydroxyl groups is 1. The second kappa shape index (κ2) is 5.21. The van der Waals surface area contributed by atoms with Crippen molar-refractivity contribution < 1.29 is 19.4 Å². The number of hydrogen-bond acceptors (Lipinski definition) is 4. The van der Waals surface area contributed by atoms with Crippen LogP contribution < -0.4 is 4.90 Å². The summed E-state index contributed by atoms with van der Waals surface area (Å²) in [5.41, 5.74) is -0.143. The van der Waals surface area contributed by atoms with Gasteiger partial charge in [0.1, 0.15) is 11.3 Å². The fraction of sp³-hybridized carbons (Fsp3) is 0.375. The molecule has 3 rings (SSSR count). The molecule has 2 N–H and O–H groups in total. The molecule has 0 radical (unpaired) electrons. The minimum Gasteiger partial charge on any atom is -0.479 e. The van der Waals surface area contributed by atoms with Crippen molar-refractivity contribution in [1.82, 2.24) is 4.98 Å². The standard InChI is InChI=1S/C16H17FN2O3/c1-10-8-13(11-4-2-5-12(17)14(11)18-10)19-7-3-6-16(22,9-19)15(20)21/h2,4-5,8,22H,3,6-7,9H2,1H3,(H,20,21). The number of benzene rings is 1. The van der Waals surface area contributed by atoms with Gasteiger partial charge in [-0.1, -0.05) is 12.1 Å². The third-order valence-corrected chi connectivity index (χ3v) is 4.11. The first-order valence-corrected chi connectivity index (χ1v) is 7.17. The molecule has 1 atom stereocenters. The molecule has 0 aliphatic carbocycles. The van der Waals surface area contributed by atoms with E-state index in [1.165, 1.54) is 6.07 Å². The second-order valence-corrected chi connectivity index (χ2v) is 5.78. The molecule has 2 heterocycles. The number of anilines is 1. The van der Waals surface area contributed by atoms with E-state index in [-0.39, 0.29) is 18.5 Å². The highest BCUT2D eigenvalue weighted by molar-refractivity contribution is 5.93. The number of carbonyl (C=O) groups is 1. The summed E-state index contributed by atoms with van der Waals surface area (Å²) in [6.07, 6.45) is 0.774. The zero-order valence-electron chi connectivity index (χ0n) is 12.2. The molecule has 1 aromatic heterocycles. The summed E-state index contributed by atoms with van der Waals surface area (Å²) in [4.78, 5) is 17.3. The molecule has 1 aliphatic rings. The molecule has 6 heteroatoms. The van der Waals surface area contributed by atoms with Crippen LogP contribution in [0.15, 0.2) is 24.3 Å². The van der Waals surface area contributed by atoms with Gasteiger partial charge < -0.3 is 15.1 Å². The number of piperidine rings is 1. The average molecular weight is 304 g/mol. The third kappa shape index (κ3) is 2.39. The Hall–Kier alpha value is -2.21. The van der Waals surface area contributed by atoms with Crippen molar-refractivity contribution >= 4 is 22.6 Å². The van der Waals surface area contributed by atoms with Gasteiger partial charge in [0.05, 0.1) is 6.54 Å². The van der Waals surface area contributed by atoms with Crippen molar-refractivity contribution in [3.8, 4) is 0 Å². The summed E-state index contributed by atoms with van der Waals surface area (Å²) in [6, 6.07) is 6.51. The SMILES string of the molecule is Cc1cc(N2CCCC(O)(C(=O)O)C2)c2cccc(F)c2n1. The molecule has 1 fully saturated rings. The summed E-state index contributed by atoms with van der Waals surface area (Å²) in [5.74, 6) is -1.63. The zero-order chi connectivity index (χ0) is 15.9. The molecule has 0 saturated carbocycles. The number of carboxylic acids is 1. The maximum Gasteiger partial charge on any atom is 0.337 e. The minimum absolute atomic E-state index is 0.0165. The average Bonchev–Trinajstić information content (AvgIpc) is 2.47. The highest BCUT2D eigenvalue weighted by Gasteiger charge is 2.40. The first-order chi connectivity index (χ1) is 10.4. The Balaban J connectivity index is 2.10. The Labute approximate surface area is 127 Å². The summed E-state index contributed by atoms with van der Waals surface area (Å²) < 4.78 is 14.0. The fourth-order valence-corrected chi connectivity index (χ4v) is 3.00. The number of aromatic nitrogens is 1. The second-order valence-electron chi connectivity index (χ2n) is 5.78. The van der Waals surface area contributed by atoms with Crippen molar-refractivity contribution in [3.05, 3.63) is 35.8 Å². The Kier molecular flexibility index (Phi) is 3.48. The fourth-order valence-electron chi connectivity index (χ4n) is 3.00. The van der Waals surface area contributed by atoms with Gasteiger partial charge in [-0.3, -0.25) is 0 Å². The predicted molar refractivity (Wildman–Crippen MR) is 80.5 cm³/mol. The van der Waals surface area contributed by atoms with Gasteiger partial charge in [0.15, 0.2) is 5.60 Å². The number of aliphatic carboxylic acids is 1.